The van der Waals surface area contributed by atoms with Crippen LogP contribution in [0, 0.1) is 0 Å². The zero-order valence-electron chi connectivity index (χ0n) is 16.2. The number of rotatable bonds is 7. The predicted molar refractivity (Wildman–Crippen MR) is 111 cm³/mol. The van der Waals surface area contributed by atoms with Gasteiger partial charge >= 0.3 is 12.1 Å². The molecular weight excluding hydrogens is 366 g/mol. The van der Waals surface area contributed by atoms with Crippen molar-refractivity contribution in [2.24, 2.45) is 0 Å². The van der Waals surface area contributed by atoms with Gasteiger partial charge in [-0.15, -0.1) is 0 Å². The standard InChI is InChI=1S/C24H23NO4/c1-28-23(26)22(25-24(27)29-17-18-10-4-2-5-11-18)16-20-14-8-9-15-21(20)19-12-6-3-7-13-19/h2-15,22H,16-17H2,1H3,(H,25,27)/t22-/m0/s1. The van der Waals surface area contributed by atoms with Gasteiger partial charge in [-0.25, -0.2) is 9.59 Å². The molecule has 1 amide bonds. The fourth-order valence-electron chi connectivity index (χ4n) is 3.06. The van der Waals surface area contributed by atoms with Crippen LogP contribution in [-0.4, -0.2) is 25.2 Å². The van der Waals surface area contributed by atoms with E-state index in [9.17, 15) is 9.59 Å². The van der Waals surface area contributed by atoms with E-state index in [1.165, 1.54) is 7.11 Å². The topological polar surface area (TPSA) is 64.6 Å². The molecule has 0 spiro atoms. The summed E-state index contributed by atoms with van der Waals surface area (Å²) in [5.74, 6) is -0.524. The maximum absolute atomic E-state index is 12.3. The van der Waals surface area contributed by atoms with E-state index in [2.05, 4.69) is 5.32 Å². The van der Waals surface area contributed by atoms with Crippen LogP contribution < -0.4 is 5.32 Å². The Bertz CT molecular complexity index is 941. The van der Waals surface area contributed by atoms with Crippen molar-refractivity contribution in [2.45, 2.75) is 19.1 Å². The molecule has 1 atom stereocenters. The number of carbonyl (C=O) groups is 2. The van der Waals surface area contributed by atoms with Crippen LogP contribution in [0.15, 0.2) is 84.9 Å². The van der Waals surface area contributed by atoms with E-state index in [0.717, 1.165) is 22.3 Å². The van der Waals surface area contributed by atoms with Crippen LogP contribution in [0.5, 0.6) is 0 Å². The monoisotopic (exact) mass is 389 g/mol. The molecule has 5 nitrogen and oxygen atoms in total. The molecule has 3 rings (SSSR count). The maximum atomic E-state index is 12.3. The first-order chi connectivity index (χ1) is 14.2. The summed E-state index contributed by atoms with van der Waals surface area (Å²) in [5.41, 5.74) is 3.84. The van der Waals surface area contributed by atoms with E-state index in [1.807, 2.05) is 84.9 Å². The molecule has 0 saturated heterocycles. The molecule has 0 unspecified atom stereocenters. The van der Waals surface area contributed by atoms with Crippen molar-refractivity contribution in [3.05, 3.63) is 96.1 Å². The Hall–Kier alpha value is -3.60. The molecule has 0 aliphatic carbocycles. The average molecular weight is 389 g/mol. The summed E-state index contributed by atoms with van der Waals surface area (Å²) < 4.78 is 10.1. The van der Waals surface area contributed by atoms with Gasteiger partial charge in [0.2, 0.25) is 0 Å². The van der Waals surface area contributed by atoms with E-state index < -0.39 is 18.1 Å². The van der Waals surface area contributed by atoms with E-state index in [0.29, 0.717) is 0 Å². The Labute approximate surface area is 170 Å². The summed E-state index contributed by atoms with van der Waals surface area (Å²) in [6.07, 6.45) is -0.375. The number of benzene rings is 3. The molecule has 29 heavy (non-hydrogen) atoms. The first-order valence-electron chi connectivity index (χ1n) is 9.35. The Morgan fingerprint density at radius 2 is 1.48 bits per heavy atom. The first kappa shape index (κ1) is 20.1. The number of hydrogen-bond donors (Lipinski definition) is 1. The number of amides is 1. The van der Waals surface area contributed by atoms with E-state index in [1.54, 1.807) is 0 Å². The second kappa shape index (κ2) is 10.1. The quantitative estimate of drug-likeness (QED) is 0.610. The second-order valence-corrected chi connectivity index (χ2v) is 6.51. The molecule has 0 saturated carbocycles. The Morgan fingerprint density at radius 3 is 2.17 bits per heavy atom. The third-order valence-corrected chi connectivity index (χ3v) is 4.52. The molecule has 5 heteroatoms. The number of alkyl carbamates (subject to hydrolysis) is 1. The third kappa shape index (κ3) is 5.69. The summed E-state index contributed by atoms with van der Waals surface area (Å²) in [6, 6.07) is 26.2. The van der Waals surface area contributed by atoms with Crippen molar-refractivity contribution in [2.75, 3.05) is 7.11 Å². The highest BCUT2D eigenvalue weighted by molar-refractivity contribution is 5.82. The molecule has 0 radical (unpaired) electrons. The van der Waals surface area contributed by atoms with Crippen molar-refractivity contribution < 1.29 is 19.1 Å². The molecule has 3 aromatic carbocycles. The first-order valence-corrected chi connectivity index (χ1v) is 9.35. The van der Waals surface area contributed by atoms with Gasteiger partial charge < -0.3 is 14.8 Å². The summed E-state index contributed by atoms with van der Waals surface area (Å²) in [6.45, 7) is 0.126. The molecule has 0 aromatic heterocycles. The van der Waals surface area contributed by atoms with Crippen LogP contribution >= 0.6 is 0 Å². The Balaban J connectivity index is 1.72. The molecule has 148 valence electrons. The zero-order chi connectivity index (χ0) is 20.5. The fraction of sp³-hybridized carbons (Fsp3) is 0.167. The lowest BCUT2D eigenvalue weighted by Gasteiger charge is -2.18. The van der Waals surface area contributed by atoms with Gasteiger partial charge in [0.25, 0.3) is 0 Å². The average Bonchev–Trinajstić information content (AvgIpc) is 2.78. The van der Waals surface area contributed by atoms with E-state index >= 15 is 0 Å². The normalized spacial score (nSPS) is 11.3. The lowest BCUT2D eigenvalue weighted by Crippen LogP contribution is -2.43. The molecule has 0 bridgehead atoms. The number of carbonyl (C=O) groups excluding carboxylic acids is 2. The highest BCUT2D eigenvalue weighted by Crippen LogP contribution is 2.24. The Kier molecular flexibility index (Phi) is 7.00. The lowest BCUT2D eigenvalue weighted by molar-refractivity contribution is -0.143. The lowest BCUT2D eigenvalue weighted by atomic mass is 9.95. The fourth-order valence-corrected chi connectivity index (χ4v) is 3.06. The number of hydrogen-bond acceptors (Lipinski definition) is 4. The number of nitrogens with one attached hydrogen (secondary N) is 1. The van der Waals surface area contributed by atoms with Crippen molar-refractivity contribution in [3.8, 4) is 11.1 Å². The number of esters is 1. The predicted octanol–water partition coefficient (Wildman–Crippen LogP) is 4.36. The van der Waals surface area contributed by atoms with Crippen LogP contribution in [-0.2, 0) is 27.3 Å². The van der Waals surface area contributed by atoms with Crippen LogP contribution in [0.25, 0.3) is 11.1 Å². The smallest absolute Gasteiger partial charge is 0.408 e. The van der Waals surface area contributed by atoms with Gasteiger partial charge in [0.1, 0.15) is 12.6 Å². The largest absolute Gasteiger partial charge is 0.467 e. The highest BCUT2D eigenvalue weighted by Gasteiger charge is 2.24. The second-order valence-electron chi connectivity index (χ2n) is 6.51. The van der Waals surface area contributed by atoms with Crippen molar-refractivity contribution >= 4 is 12.1 Å². The molecular formula is C24H23NO4. The van der Waals surface area contributed by atoms with Gasteiger partial charge in [-0.2, -0.15) is 0 Å². The summed E-state index contributed by atoms with van der Waals surface area (Å²) in [4.78, 5) is 24.5. The van der Waals surface area contributed by atoms with Crippen molar-refractivity contribution in [1.82, 2.24) is 5.32 Å². The van der Waals surface area contributed by atoms with Crippen LogP contribution in [0.2, 0.25) is 0 Å². The van der Waals surface area contributed by atoms with Gasteiger partial charge in [-0.1, -0.05) is 84.9 Å². The van der Waals surface area contributed by atoms with E-state index in [4.69, 9.17) is 9.47 Å². The maximum Gasteiger partial charge on any atom is 0.408 e. The van der Waals surface area contributed by atoms with Gasteiger partial charge in [0.15, 0.2) is 0 Å². The number of ether oxygens (including phenoxy) is 2. The molecule has 3 aromatic rings. The Morgan fingerprint density at radius 1 is 0.862 bits per heavy atom. The SMILES string of the molecule is COC(=O)[C@H](Cc1ccccc1-c1ccccc1)NC(=O)OCc1ccccc1. The number of methoxy groups -OCH3 is 1. The van der Waals surface area contributed by atoms with Gasteiger partial charge in [0.05, 0.1) is 7.11 Å². The molecule has 0 fully saturated rings. The van der Waals surface area contributed by atoms with Crippen LogP contribution in [0.1, 0.15) is 11.1 Å². The molecule has 0 heterocycles. The van der Waals surface area contributed by atoms with Crippen molar-refractivity contribution in [3.63, 3.8) is 0 Å². The summed E-state index contributed by atoms with van der Waals surface area (Å²) >= 11 is 0. The summed E-state index contributed by atoms with van der Waals surface area (Å²) in [7, 11) is 1.30. The van der Waals surface area contributed by atoms with E-state index in [-0.39, 0.29) is 13.0 Å². The minimum atomic E-state index is -0.854. The highest BCUT2D eigenvalue weighted by atomic mass is 16.6. The van der Waals surface area contributed by atoms with Gasteiger partial charge in [-0.3, -0.25) is 0 Å². The van der Waals surface area contributed by atoms with Crippen LogP contribution in [0.4, 0.5) is 4.79 Å². The molecule has 0 aliphatic rings. The van der Waals surface area contributed by atoms with Crippen molar-refractivity contribution in [1.29, 1.82) is 0 Å². The minimum absolute atomic E-state index is 0.126. The van der Waals surface area contributed by atoms with Crippen LogP contribution in [0.3, 0.4) is 0 Å². The molecule has 1 N–H and O–H groups in total. The van der Waals surface area contributed by atoms with Gasteiger partial charge in [-0.05, 0) is 22.3 Å². The van der Waals surface area contributed by atoms with Gasteiger partial charge in [0, 0.05) is 6.42 Å². The summed E-state index contributed by atoms with van der Waals surface area (Å²) in [5, 5.41) is 2.63. The minimum Gasteiger partial charge on any atom is -0.467 e. The molecule has 0 aliphatic heterocycles. The zero-order valence-corrected chi connectivity index (χ0v) is 16.2. The third-order valence-electron chi connectivity index (χ3n) is 4.52.